The van der Waals surface area contributed by atoms with Crippen molar-refractivity contribution in [3.8, 4) is 0 Å². The number of carboxylic acids is 1. The molecule has 1 aliphatic heterocycles. The van der Waals surface area contributed by atoms with Crippen molar-refractivity contribution in [3.63, 3.8) is 0 Å². The molecule has 2 rings (SSSR count). The standard InChI is InChI=1S/C35H55N7O8/c1-7-12-22-29(43)36-17-10-9-14-26(35(49)50)40-30(44)23(13-8-2)39-34(48)28(19-21(5)6)42-32(46)25-16-11-15-24(37-25)31(45)41-27(18-20(3)4)33(47)38-22/h11,15-16,20-23,26-28H,7-10,12-14,17-19H2,1-6H3,(H,36,43)(H,38,47)(H,39,48)(H,40,44)(H,41,45)(H,42,46)(H,49,50)/t22-,23-,26-,27-,28?/m0/s1. The van der Waals surface area contributed by atoms with E-state index in [0.717, 1.165) is 0 Å². The fourth-order valence-electron chi connectivity index (χ4n) is 5.56. The lowest BCUT2D eigenvalue weighted by Gasteiger charge is -2.25. The monoisotopic (exact) mass is 701 g/mol. The maximum atomic E-state index is 13.5. The van der Waals surface area contributed by atoms with Gasteiger partial charge < -0.3 is 37.0 Å². The van der Waals surface area contributed by atoms with E-state index in [-0.39, 0.29) is 55.5 Å². The number of aliphatic carboxylic acids is 1. The maximum absolute atomic E-state index is 13.5. The number of pyridine rings is 1. The molecule has 0 aromatic carbocycles. The highest BCUT2D eigenvalue weighted by atomic mass is 16.4. The number of aromatic nitrogens is 1. The molecule has 1 aromatic heterocycles. The highest BCUT2D eigenvalue weighted by molar-refractivity contribution is 6.00. The molecule has 0 saturated carbocycles. The zero-order valence-electron chi connectivity index (χ0n) is 30.1. The van der Waals surface area contributed by atoms with E-state index in [2.05, 4.69) is 36.9 Å². The highest BCUT2D eigenvalue weighted by Gasteiger charge is 2.31. The second kappa shape index (κ2) is 20.8. The molecule has 0 spiro atoms. The van der Waals surface area contributed by atoms with Crippen molar-refractivity contribution in [1.29, 1.82) is 0 Å². The van der Waals surface area contributed by atoms with E-state index in [1.165, 1.54) is 18.2 Å². The molecule has 0 saturated heterocycles. The average Bonchev–Trinajstić information content (AvgIpc) is 3.05. The van der Waals surface area contributed by atoms with Crippen molar-refractivity contribution in [1.82, 2.24) is 36.9 Å². The molecule has 1 aromatic rings. The molecule has 278 valence electrons. The molecule has 0 aliphatic carbocycles. The maximum Gasteiger partial charge on any atom is 0.326 e. The Labute approximate surface area is 294 Å². The Kier molecular flexibility index (Phi) is 17.3. The number of hydrogen-bond acceptors (Lipinski definition) is 8. The first-order chi connectivity index (χ1) is 23.7. The van der Waals surface area contributed by atoms with E-state index in [4.69, 9.17) is 0 Å². The molecule has 2 bridgehead atoms. The predicted molar refractivity (Wildman–Crippen MR) is 186 cm³/mol. The topological polar surface area (TPSA) is 225 Å². The number of amides is 6. The quantitative estimate of drug-likeness (QED) is 0.199. The third-order valence-corrected chi connectivity index (χ3v) is 8.13. The van der Waals surface area contributed by atoms with Gasteiger partial charge in [0.25, 0.3) is 11.8 Å². The number of carbonyl (C=O) groups is 7. The average molecular weight is 702 g/mol. The minimum Gasteiger partial charge on any atom is -0.480 e. The van der Waals surface area contributed by atoms with Crippen LogP contribution >= 0.6 is 0 Å². The molecule has 0 fully saturated rings. The van der Waals surface area contributed by atoms with E-state index in [1.54, 1.807) is 0 Å². The van der Waals surface area contributed by atoms with Gasteiger partial charge in [0.2, 0.25) is 23.6 Å². The van der Waals surface area contributed by atoms with Crippen molar-refractivity contribution in [2.75, 3.05) is 6.54 Å². The summed E-state index contributed by atoms with van der Waals surface area (Å²) >= 11 is 0. The highest BCUT2D eigenvalue weighted by Crippen LogP contribution is 2.12. The summed E-state index contributed by atoms with van der Waals surface area (Å²) in [7, 11) is 0. The van der Waals surface area contributed by atoms with Gasteiger partial charge >= 0.3 is 5.97 Å². The second-order valence-corrected chi connectivity index (χ2v) is 13.6. The zero-order valence-corrected chi connectivity index (χ0v) is 30.1. The van der Waals surface area contributed by atoms with E-state index in [1.807, 2.05) is 41.5 Å². The summed E-state index contributed by atoms with van der Waals surface area (Å²) in [5.74, 6) is -4.97. The Morgan fingerprint density at radius 1 is 0.700 bits per heavy atom. The Bertz CT molecular complexity index is 1350. The summed E-state index contributed by atoms with van der Waals surface area (Å²) in [6.45, 7) is 11.4. The third-order valence-electron chi connectivity index (χ3n) is 8.13. The Balaban J connectivity index is 2.49. The number of carboxylic acid groups (broad SMARTS) is 1. The van der Waals surface area contributed by atoms with Crippen LogP contribution < -0.4 is 31.9 Å². The van der Waals surface area contributed by atoms with Crippen LogP contribution in [-0.4, -0.2) is 88.3 Å². The zero-order chi connectivity index (χ0) is 37.4. The molecular weight excluding hydrogens is 646 g/mol. The SMILES string of the molecule is CCC[C@@H]1NC(=O)C(CC(C)C)NC(=O)c2cccc(n2)C(=O)N[C@@H](CC(C)C)C(=O)N[C@@H](CCC)C(=O)NCCCC[C@@H](C(=O)O)NC1=O. The fourth-order valence-corrected chi connectivity index (χ4v) is 5.56. The van der Waals surface area contributed by atoms with Crippen LogP contribution in [0.1, 0.15) is 120 Å². The first kappa shape index (κ1) is 41.6. The lowest BCUT2D eigenvalue weighted by Crippen LogP contribution is -2.56. The molecule has 50 heavy (non-hydrogen) atoms. The second-order valence-electron chi connectivity index (χ2n) is 13.6. The van der Waals surface area contributed by atoms with Crippen LogP contribution in [0.4, 0.5) is 0 Å². The number of nitrogens with one attached hydrogen (secondary N) is 6. The third kappa shape index (κ3) is 13.7. The number of fused-ring (bicyclic) bond motifs is 2. The van der Waals surface area contributed by atoms with E-state index in [0.29, 0.717) is 32.1 Å². The molecular formula is C35H55N7O8. The molecule has 2 heterocycles. The first-order valence-electron chi connectivity index (χ1n) is 17.7. The number of hydrogen-bond donors (Lipinski definition) is 7. The van der Waals surface area contributed by atoms with Gasteiger partial charge in [0, 0.05) is 6.54 Å². The van der Waals surface area contributed by atoms with Crippen molar-refractivity contribution in [3.05, 3.63) is 29.6 Å². The van der Waals surface area contributed by atoms with Crippen LogP contribution in [0.25, 0.3) is 0 Å². The van der Waals surface area contributed by atoms with Gasteiger partial charge in [0.05, 0.1) is 0 Å². The Morgan fingerprint density at radius 3 is 1.60 bits per heavy atom. The van der Waals surface area contributed by atoms with Gasteiger partial charge in [-0.3, -0.25) is 28.8 Å². The van der Waals surface area contributed by atoms with Crippen LogP contribution in [0.15, 0.2) is 18.2 Å². The Hall–Kier alpha value is -4.56. The van der Waals surface area contributed by atoms with E-state index >= 15 is 0 Å². The smallest absolute Gasteiger partial charge is 0.326 e. The molecule has 5 atom stereocenters. The van der Waals surface area contributed by atoms with Crippen LogP contribution in [0.2, 0.25) is 0 Å². The van der Waals surface area contributed by atoms with E-state index < -0.39 is 71.6 Å². The molecule has 0 radical (unpaired) electrons. The van der Waals surface area contributed by atoms with Crippen molar-refractivity contribution in [2.45, 2.75) is 130 Å². The van der Waals surface area contributed by atoms with Gasteiger partial charge in [0.1, 0.15) is 41.6 Å². The van der Waals surface area contributed by atoms with Crippen LogP contribution in [0.5, 0.6) is 0 Å². The van der Waals surface area contributed by atoms with Gasteiger partial charge in [-0.25, -0.2) is 9.78 Å². The molecule has 7 N–H and O–H groups in total. The number of nitrogens with zero attached hydrogens (tertiary/aromatic N) is 1. The molecule has 6 amide bonds. The minimum absolute atomic E-state index is 0.00165. The summed E-state index contributed by atoms with van der Waals surface area (Å²) in [4.78, 5) is 96.2. The predicted octanol–water partition coefficient (Wildman–Crippen LogP) is 1.81. The summed E-state index contributed by atoms with van der Waals surface area (Å²) < 4.78 is 0. The summed E-state index contributed by atoms with van der Waals surface area (Å²) in [5, 5.41) is 25.9. The van der Waals surface area contributed by atoms with Gasteiger partial charge in [-0.05, 0) is 68.9 Å². The van der Waals surface area contributed by atoms with Gasteiger partial charge in [0.15, 0.2) is 0 Å². The minimum atomic E-state index is -1.24. The molecule has 15 heteroatoms. The summed E-state index contributed by atoms with van der Waals surface area (Å²) in [6.07, 6.45) is 3.00. The molecule has 1 aliphatic rings. The van der Waals surface area contributed by atoms with Crippen LogP contribution in [-0.2, 0) is 24.0 Å². The van der Waals surface area contributed by atoms with Crippen LogP contribution in [0.3, 0.4) is 0 Å². The lowest BCUT2D eigenvalue weighted by atomic mass is 10.0. The summed E-state index contributed by atoms with van der Waals surface area (Å²) in [5.41, 5.74) is -0.278. The van der Waals surface area contributed by atoms with Crippen molar-refractivity contribution in [2.24, 2.45) is 11.8 Å². The van der Waals surface area contributed by atoms with Crippen molar-refractivity contribution >= 4 is 41.4 Å². The largest absolute Gasteiger partial charge is 0.480 e. The normalized spacial score (nSPS) is 23.9. The first-order valence-corrected chi connectivity index (χ1v) is 17.7. The number of carbonyl (C=O) groups excluding carboxylic acids is 6. The molecule has 15 nitrogen and oxygen atoms in total. The summed E-state index contributed by atoms with van der Waals surface area (Å²) in [6, 6.07) is -0.998. The van der Waals surface area contributed by atoms with Gasteiger partial charge in [-0.15, -0.1) is 0 Å². The van der Waals surface area contributed by atoms with Crippen LogP contribution in [0, 0.1) is 11.8 Å². The van der Waals surface area contributed by atoms with Crippen molar-refractivity contribution < 1.29 is 38.7 Å². The fraction of sp³-hybridized carbons (Fsp3) is 0.657. The molecule has 1 unspecified atom stereocenters. The van der Waals surface area contributed by atoms with E-state index in [9.17, 15) is 38.7 Å². The number of rotatable bonds is 9. The van der Waals surface area contributed by atoms with Gasteiger partial charge in [-0.1, -0.05) is 60.5 Å². The lowest BCUT2D eigenvalue weighted by molar-refractivity contribution is -0.142. The Morgan fingerprint density at radius 2 is 1.16 bits per heavy atom. The van der Waals surface area contributed by atoms with Gasteiger partial charge in [-0.2, -0.15) is 0 Å².